The first-order valence-corrected chi connectivity index (χ1v) is 8.31. The summed E-state index contributed by atoms with van der Waals surface area (Å²) in [4.78, 5) is 0. The van der Waals surface area contributed by atoms with E-state index in [2.05, 4.69) is 30.6 Å². The van der Waals surface area contributed by atoms with Gasteiger partial charge in [-0.15, -0.1) is 0 Å². The molecule has 3 rings (SSSR count). The van der Waals surface area contributed by atoms with Gasteiger partial charge in [-0.3, -0.25) is 0 Å². The Hall–Kier alpha value is -1.02. The zero-order valence-electron chi connectivity index (χ0n) is 12.7. The first-order valence-electron chi connectivity index (χ1n) is 8.31. The van der Waals surface area contributed by atoms with Crippen molar-refractivity contribution in [3.8, 4) is 5.75 Å². The maximum absolute atomic E-state index is 5.74. The Labute approximate surface area is 122 Å². The number of rotatable bonds is 3. The van der Waals surface area contributed by atoms with Gasteiger partial charge in [0.25, 0.3) is 0 Å². The molecule has 0 aromatic heterocycles. The van der Waals surface area contributed by atoms with Crippen LogP contribution in [0.1, 0.15) is 62.1 Å². The largest absolute Gasteiger partial charge is 0.493 e. The molecule has 1 aliphatic heterocycles. The number of fused-ring (bicyclic) bond motifs is 1. The highest BCUT2D eigenvalue weighted by Crippen LogP contribution is 2.35. The summed E-state index contributed by atoms with van der Waals surface area (Å²) in [5.74, 6) is 1.90. The minimum Gasteiger partial charge on any atom is -0.493 e. The first-order chi connectivity index (χ1) is 9.88. The van der Waals surface area contributed by atoms with Crippen molar-refractivity contribution >= 4 is 0 Å². The predicted octanol–water partition coefficient (Wildman–Crippen LogP) is 4.24. The molecule has 20 heavy (non-hydrogen) atoms. The third kappa shape index (κ3) is 3.01. The van der Waals surface area contributed by atoms with Gasteiger partial charge in [-0.1, -0.05) is 37.8 Å². The Balaban J connectivity index is 1.81. The molecule has 1 fully saturated rings. The van der Waals surface area contributed by atoms with E-state index in [-0.39, 0.29) is 0 Å². The summed E-state index contributed by atoms with van der Waals surface area (Å²) in [6, 6.07) is 7.36. The van der Waals surface area contributed by atoms with Crippen LogP contribution in [0.25, 0.3) is 0 Å². The van der Waals surface area contributed by atoms with Crippen LogP contribution in [0, 0.1) is 5.92 Å². The van der Waals surface area contributed by atoms with Gasteiger partial charge in [0.05, 0.1) is 6.61 Å². The lowest BCUT2D eigenvalue weighted by atomic mass is 9.86. The van der Waals surface area contributed by atoms with E-state index in [4.69, 9.17) is 4.74 Å². The number of benzene rings is 1. The molecule has 0 bridgehead atoms. The Bertz CT molecular complexity index is 435. The van der Waals surface area contributed by atoms with Crippen molar-refractivity contribution in [3.63, 3.8) is 0 Å². The van der Waals surface area contributed by atoms with E-state index in [9.17, 15) is 0 Å². The topological polar surface area (TPSA) is 21.3 Å². The average molecular weight is 273 g/mol. The van der Waals surface area contributed by atoms with Crippen molar-refractivity contribution in [2.45, 2.75) is 57.4 Å². The lowest BCUT2D eigenvalue weighted by Crippen LogP contribution is -2.25. The maximum Gasteiger partial charge on any atom is 0.122 e. The second-order valence-corrected chi connectivity index (χ2v) is 6.34. The third-order valence-corrected chi connectivity index (χ3v) is 4.97. The van der Waals surface area contributed by atoms with Gasteiger partial charge in [0.1, 0.15) is 5.75 Å². The molecule has 1 atom stereocenters. The van der Waals surface area contributed by atoms with E-state index >= 15 is 0 Å². The van der Waals surface area contributed by atoms with Crippen molar-refractivity contribution in [2.24, 2.45) is 5.92 Å². The zero-order chi connectivity index (χ0) is 13.8. The SMILES string of the molecule is CNC(c1ccc2c(c1)CCCO2)C1CCCCCC1. The number of aryl methyl sites for hydroxylation is 1. The molecule has 1 N–H and O–H groups in total. The molecule has 0 spiro atoms. The molecule has 2 heteroatoms. The van der Waals surface area contributed by atoms with Crippen molar-refractivity contribution < 1.29 is 4.74 Å². The number of hydrogen-bond donors (Lipinski definition) is 1. The standard InChI is InChI=1S/C18H27NO/c1-19-18(14-7-4-2-3-5-8-14)16-10-11-17-15(13-16)9-6-12-20-17/h10-11,13-14,18-19H,2-9,12H2,1H3. The van der Waals surface area contributed by atoms with Gasteiger partial charge < -0.3 is 10.1 Å². The molecule has 1 heterocycles. The molecule has 1 unspecified atom stereocenters. The van der Waals surface area contributed by atoms with Crippen LogP contribution in [0.4, 0.5) is 0 Å². The molecular formula is C18H27NO. The summed E-state index contributed by atoms with van der Waals surface area (Å²) >= 11 is 0. The molecule has 0 radical (unpaired) electrons. The van der Waals surface area contributed by atoms with Gasteiger partial charge in [-0.2, -0.15) is 0 Å². The fourth-order valence-corrected chi connectivity index (χ4v) is 3.89. The first kappa shape index (κ1) is 13.9. The van der Waals surface area contributed by atoms with E-state index in [1.807, 2.05) is 0 Å². The van der Waals surface area contributed by atoms with E-state index < -0.39 is 0 Å². The molecule has 1 aromatic carbocycles. The Kier molecular flexibility index (Phi) is 4.62. The molecule has 1 saturated carbocycles. The molecule has 2 nitrogen and oxygen atoms in total. The number of ether oxygens (including phenoxy) is 1. The van der Waals surface area contributed by atoms with Crippen LogP contribution < -0.4 is 10.1 Å². The second-order valence-electron chi connectivity index (χ2n) is 6.34. The van der Waals surface area contributed by atoms with Gasteiger partial charge in [0, 0.05) is 6.04 Å². The van der Waals surface area contributed by atoms with Crippen LogP contribution in [-0.4, -0.2) is 13.7 Å². The Morgan fingerprint density at radius 1 is 1.10 bits per heavy atom. The van der Waals surface area contributed by atoms with Gasteiger partial charge in [0.2, 0.25) is 0 Å². The summed E-state index contributed by atoms with van der Waals surface area (Å²) in [7, 11) is 2.12. The zero-order valence-corrected chi connectivity index (χ0v) is 12.7. The van der Waals surface area contributed by atoms with Crippen molar-refractivity contribution in [1.82, 2.24) is 5.32 Å². The fraction of sp³-hybridized carbons (Fsp3) is 0.667. The third-order valence-electron chi connectivity index (χ3n) is 4.97. The Morgan fingerprint density at radius 3 is 2.65 bits per heavy atom. The number of hydrogen-bond acceptors (Lipinski definition) is 2. The highest BCUT2D eigenvalue weighted by molar-refractivity contribution is 5.39. The molecule has 2 aliphatic rings. The van der Waals surface area contributed by atoms with E-state index in [1.54, 1.807) is 0 Å². The number of nitrogens with one attached hydrogen (secondary N) is 1. The summed E-state index contributed by atoms with van der Waals surface area (Å²) < 4.78 is 5.74. The minimum atomic E-state index is 0.514. The summed E-state index contributed by atoms with van der Waals surface area (Å²) in [5, 5.41) is 3.58. The average Bonchev–Trinajstić information content (AvgIpc) is 2.77. The van der Waals surface area contributed by atoms with Crippen LogP contribution in [0.15, 0.2) is 18.2 Å². The highest BCUT2D eigenvalue weighted by atomic mass is 16.5. The van der Waals surface area contributed by atoms with E-state index in [0.717, 1.165) is 24.7 Å². The fourth-order valence-electron chi connectivity index (χ4n) is 3.89. The smallest absolute Gasteiger partial charge is 0.122 e. The molecular weight excluding hydrogens is 246 g/mol. The maximum atomic E-state index is 5.74. The highest BCUT2D eigenvalue weighted by Gasteiger charge is 2.24. The van der Waals surface area contributed by atoms with Crippen molar-refractivity contribution in [3.05, 3.63) is 29.3 Å². The summed E-state index contributed by atoms with van der Waals surface area (Å²) in [5.41, 5.74) is 2.87. The van der Waals surface area contributed by atoms with Crippen molar-refractivity contribution in [1.29, 1.82) is 0 Å². The molecule has 1 aromatic rings. The molecule has 0 saturated heterocycles. The molecule has 1 aliphatic carbocycles. The van der Waals surface area contributed by atoms with E-state index in [1.165, 1.54) is 56.1 Å². The van der Waals surface area contributed by atoms with Crippen LogP contribution >= 0.6 is 0 Å². The quantitative estimate of drug-likeness (QED) is 0.832. The van der Waals surface area contributed by atoms with Crippen LogP contribution in [0.5, 0.6) is 5.75 Å². The van der Waals surface area contributed by atoms with Crippen LogP contribution in [-0.2, 0) is 6.42 Å². The lowest BCUT2D eigenvalue weighted by Gasteiger charge is -2.28. The van der Waals surface area contributed by atoms with E-state index in [0.29, 0.717) is 6.04 Å². The van der Waals surface area contributed by atoms with Crippen molar-refractivity contribution in [2.75, 3.05) is 13.7 Å². The molecule has 110 valence electrons. The van der Waals surface area contributed by atoms with Crippen LogP contribution in [0.3, 0.4) is 0 Å². The van der Waals surface area contributed by atoms with Gasteiger partial charge >= 0.3 is 0 Å². The van der Waals surface area contributed by atoms with Crippen LogP contribution in [0.2, 0.25) is 0 Å². The lowest BCUT2D eigenvalue weighted by molar-refractivity contribution is 0.287. The minimum absolute atomic E-state index is 0.514. The summed E-state index contributed by atoms with van der Waals surface area (Å²) in [6.45, 7) is 0.879. The van der Waals surface area contributed by atoms with Gasteiger partial charge in [0.15, 0.2) is 0 Å². The summed E-state index contributed by atoms with van der Waals surface area (Å²) in [6.07, 6.45) is 10.7. The molecule has 0 amide bonds. The van der Waals surface area contributed by atoms with Gasteiger partial charge in [-0.05, 0) is 55.8 Å². The predicted molar refractivity (Wildman–Crippen MR) is 83.3 cm³/mol. The Morgan fingerprint density at radius 2 is 1.90 bits per heavy atom. The van der Waals surface area contributed by atoms with Gasteiger partial charge in [-0.25, -0.2) is 0 Å². The second kappa shape index (κ2) is 6.62. The normalized spacial score (nSPS) is 21.6. The monoisotopic (exact) mass is 273 g/mol.